The molecule has 0 saturated heterocycles. The standard InChI is InChI=1S/C27H35N3O4/c1-19(2)34-27(32)17-30-23-11-8-7-10-22(23)29-25(30)12-6-5-9-15-28-26(31)18-33-24-16-20(3)13-14-21(24)4/h7-8,10-11,13-14,16,19H,5-6,9,12,15,17-18H2,1-4H3,(H,28,31). The quantitative estimate of drug-likeness (QED) is 0.314. The van der Waals surface area contributed by atoms with Crippen molar-refractivity contribution >= 4 is 22.9 Å². The van der Waals surface area contributed by atoms with E-state index in [4.69, 9.17) is 14.5 Å². The van der Waals surface area contributed by atoms with E-state index in [0.717, 1.165) is 59.4 Å². The van der Waals surface area contributed by atoms with Crippen LogP contribution in [0.4, 0.5) is 0 Å². The second-order valence-corrected chi connectivity index (χ2v) is 8.86. The van der Waals surface area contributed by atoms with Crippen LogP contribution in [0.1, 0.15) is 50.1 Å². The van der Waals surface area contributed by atoms with E-state index in [1.807, 2.05) is 74.7 Å². The molecule has 0 aliphatic heterocycles. The Hall–Kier alpha value is -3.35. The fraction of sp³-hybridized carbons (Fsp3) is 0.444. The Morgan fingerprint density at radius 1 is 1.06 bits per heavy atom. The number of hydrogen-bond donors (Lipinski definition) is 1. The summed E-state index contributed by atoms with van der Waals surface area (Å²) >= 11 is 0. The number of rotatable bonds is 12. The predicted molar refractivity (Wildman–Crippen MR) is 133 cm³/mol. The van der Waals surface area contributed by atoms with E-state index in [1.165, 1.54) is 0 Å². The second kappa shape index (κ2) is 12.2. The molecule has 7 nitrogen and oxygen atoms in total. The van der Waals surface area contributed by atoms with Gasteiger partial charge in [-0.05, 0) is 69.9 Å². The van der Waals surface area contributed by atoms with E-state index in [2.05, 4.69) is 5.32 Å². The number of fused-ring (bicyclic) bond motifs is 1. The zero-order valence-corrected chi connectivity index (χ0v) is 20.6. The van der Waals surface area contributed by atoms with Crippen molar-refractivity contribution < 1.29 is 19.1 Å². The summed E-state index contributed by atoms with van der Waals surface area (Å²) in [5.74, 6) is 1.25. The van der Waals surface area contributed by atoms with Crippen molar-refractivity contribution in [1.82, 2.24) is 14.9 Å². The molecule has 0 bridgehead atoms. The molecule has 0 aliphatic carbocycles. The van der Waals surface area contributed by atoms with Crippen LogP contribution in [0.15, 0.2) is 42.5 Å². The van der Waals surface area contributed by atoms with E-state index in [9.17, 15) is 9.59 Å². The van der Waals surface area contributed by atoms with Gasteiger partial charge in [0, 0.05) is 13.0 Å². The number of carbonyl (C=O) groups is 2. The van der Waals surface area contributed by atoms with Gasteiger partial charge in [0.05, 0.1) is 17.1 Å². The fourth-order valence-electron chi connectivity index (χ4n) is 3.79. The lowest BCUT2D eigenvalue weighted by molar-refractivity contribution is -0.148. The summed E-state index contributed by atoms with van der Waals surface area (Å²) in [4.78, 5) is 29.1. The highest BCUT2D eigenvalue weighted by Gasteiger charge is 2.15. The number of nitrogens with zero attached hydrogens (tertiary/aromatic N) is 2. The third-order valence-corrected chi connectivity index (χ3v) is 5.49. The van der Waals surface area contributed by atoms with Crippen LogP contribution in [0.2, 0.25) is 0 Å². The van der Waals surface area contributed by atoms with Crippen LogP contribution in [0.3, 0.4) is 0 Å². The zero-order valence-electron chi connectivity index (χ0n) is 20.6. The van der Waals surface area contributed by atoms with E-state index >= 15 is 0 Å². The van der Waals surface area contributed by atoms with E-state index in [-0.39, 0.29) is 31.1 Å². The van der Waals surface area contributed by atoms with Crippen LogP contribution < -0.4 is 10.1 Å². The summed E-state index contributed by atoms with van der Waals surface area (Å²) < 4.78 is 12.9. The Morgan fingerprint density at radius 3 is 2.65 bits per heavy atom. The van der Waals surface area contributed by atoms with Gasteiger partial charge in [-0.15, -0.1) is 0 Å². The van der Waals surface area contributed by atoms with Gasteiger partial charge in [-0.1, -0.05) is 30.7 Å². The van der Waals surface area contributed by atoms with Crippen molar-refractivity contribution in [2.45, 2.75) is 66.0 Å². The number of unbranched alkanes of at least 4 members (excludes halogenated alkanes) is 2. The largest absolute Gasteiger partial charge is 0.483 e. The summed E-state index contributed by atoms with van der Waals surface area (Å²) in [6.45, 7) is 8.43. The monoisotopic (exact) mass is 465 g/mol. The van der Waals surface area contributed by atoms with Gasteiger partial charge in [0.15, 0.2) is 6.61 Å². The molecule has 0 aliphatic rings. The van der Waals surface area contributed by atoms with Crippen LogP contribution in [0, 0.1) is 13.8 Å². The van der Waals surface area contributed by atoms with E-state index < -0.39 is 0 Å². The van der Waals surface area contributed by atoms with Crippen LogP contribution >= 0.6 is 0 Å². The van der Waals surface area contributed by atoms with Gasteiger partial charge in [-0.3, -0.25) is 9.59 Å². The minimum atomic E-state index is -0.259. The van der Waals surface area contributed by atoms with Gasteiger partial charge in [0.1, 0.15) is 18.1 Å². The maximum Gasteiger partial charge on any atom is 0.326 e. The summed E-state index contributed by atoms with van der Waals surface area (Å²) in [5.41, 5.74) is 3.94. The first-order chi connectivity index (χ1) is 16.3. The highest BCUT2D eigenvalue weighted by Crippen LogP contribution is 2.19. The average molecular weight is 466 g/mol. The van der Waals surface area contributed by atoms with Crippen molar-refractivity contribution in [2.24, 2.45) is 0 Å². The van der Waals surface area contributed by atoms with Crippen LogP contribution in [-0.4, -0.2) is 40.7 Å². The Balaban J connectivity index is 1.42. The smallest absolute Gasteiger partial charge is 0.326 e. The number of aryl methyl sites for hydroxylation is 3. The molecule has 0 spiro atoms. The number of nitrogens with one attached hydrogen (secondary N) is 1. The summed E-state index contributed by atoms with van der Waals surface area (Å²) in [7, 11) is 0. The highest BCUT2D eigenvalue weighted by atomic mass is 16.5. The topological polar surface area (TPSA) is 82.5 Å². The van der Waals surface area contributed by atoms with Gasteiger partial charge in [0.2, 0.25) is 0 Å². The van der Waals surface area contributed by atoms with Crippen LogP contribution in [0.5, 0.6) is 5.75 Å². The third kappa shape index (κ3) is 7.33. The summed E-state index contributed by atoms with van der Waals surface area (Å²) in [6, 6.07) is 13.8. The molecule has 2 aromatic carbocycles. The molecule has 7 heteroatoms. The molecule has 0 saturated carbocycles. The molecule has 1 heterocycles. The molecule has 0 unspecified atom stereocenters. The van der Waals surface area contributed by atoms with Crippen molar-refractivity contribution in [2.75, 3.05) is 13.2 Å². The fourth-order valence-corrected chi connectivity index (χ4v) is 3.79. The number of ether oxygens (including phenoxy) is 2. The maximum atomic E-state index is 12.3. The van der Waals surface area contributed by atoms with Gasteiger partial charge in [0.25, 0.3) is 5.91 Å². The first-order valence-corrected chi connectivity index (χ1v) is 11.9. The molecule has 0 atom stereocenters. The molecule has 1 aromatic heterocycles. The highest BCUT2D eigenvalue weighted by molar-refractivity contribution is 5.79. The Labute approximate surface area is 201 Å². The molecule has 1 amide bonds. The number of hydrogen-bond acceptors (Lipinski definition) is 5. The van der Waals surface area contributed by atoms with Gasteiger partial charge >= 0.3 is 5.97 Å². The van der Waals surface area contributed by atoms with Crippen molar-refractivity contribution in [3.05, 3.63) is 59.4 Å². The van der Waals surface area contributed by atoms with Gasteiger partial charge in [-0.25, -0.2) is 4.98 Å². The molecule has 3 rings (SSSR count). The average Bonchev–Trinajstić information content (AvgIpc) is 3.13. The van der Waals surface area contributed by atoms with Crippen LogP contribution in [-0.2, 0) is 27.3 Å². The van der Waals surface area contributed by atoms with Crippen LogP contribution in [0.25, 0.3) is 11.0 Å². The van der Waals surface area contributed by atoms with Crippen molar-refractivity contribution in [3.8, 4) is 5.75 Å². The molecule has 3 aromatic rings. The zero-order chi connectivity index (χ0) is 24.5. The second-order valence-electron chi connectivity index (χ2n) is 8.86. The molecular formula is C27H35N3O4. The molecule has 182 valence electrons. The number of para-hydroxylation sites is 2. The lowest BCUT2D eigenvalue weighted by Gasteiger charge is -2.12. The molecule has 1 N–H and O–H groups in total. The normalized spacial score (nSPS) is 11.1. The molecule has 34 heavy (non-hydrogen) atoms. The first kappa shape index (κ1) is 25.3. The Morgan fingerprint density at radius 2 is 1.85 bits per heavy atom. The lowest BCUT2D eigenvalue weighted by atomic mass is 10.1. The number of imidazole rings is 1. The maximum absolute atomic E-state index is 12.3. The number of carbonyl (C=O) groups excluding carboxylic acids is 2. The number of benzene rings is 2. The minimum absolute atomic E-state index is 0.0147. The molecule has 0 fully saturated rings. The van der Waals surface area contributed by atoms with Crippen molar-refractivity contribution in [1.29, 1.82) is 0 Å². The SMILES string of the molecule is Cc1ccc(C)c(OCC(=O)NCCCCCc2nc3ccccc3n2CC(=O)OC(C)C)c1. The van der Waals surface area contributed by atoms with Gasteiger partial charge in [-0.2, -0.15) is 0 Å². The lowest BCUT2D eigenvalue weighted by Crippen LogP contribution is -2.29. The van der Waals surface area contributed by atoms with Crippen molar-refractivity contribution in [3.63, 3.8) is 0 Å². The summed E-state index contributed by atoms with van der Waals surface area (Å²) in [5, 5.41) is 2.92. The Bertz CT molecular complexity index is 1120. The first-order valence-electron chi connectivity index (χ1n) is 11.9. The van der Waals surface area contributed by atoms with E-state index in [1.54, 1.807) is 0 Å². The van der Waals surface area contributed by atoms with E-state index in [0.29, 0.717) is 6.54 Å². The minimum Gasteiger partial charge on any atom is -0.483 e. The molecular weight excluding hydrogens is 430 g/mol. The predicted octanol–water partition coefficient (Wildman–Crippen LogP) is 4.51. The summed E-state index contributed by atoms with van der Waals surface area (Å²) in [6.07, 6.45) is 3.33. The number of amides is 1. The number of aromatic nitrogens is 2. The Kier molecular flexibility index (Phi) is 9.08. The molecule has 0 radical (unpaired) electrons. The number of esters is 1. The third-order valence-electron chi connectivity index (χ3n) is 5.49. The van der Waals surface area contributed by atoms with Gasteiger partial charge < -0.3 is 19.4 Å².